The molecule has 1 aliphatic heterocycles. The summed E-state index contributed by atoms with van der Waals surface area (Å²) < 4.78 is 6.02. The molecule has 0 saturated carbocycles. The standard InChI is InChI=1S/C24H25ClN2O2S/c1-16-23(30-24(26-16)17-9-11-20(25)12-10-17)22(29-2)18-7-5-13-27(14-18)21-8-4-3-6-19(21)15-28/h3-4,6,8-12,15,18,22H,5,7,13-14H2,1-2H3. The normalized spacial score (nSPS) is 17.7. The minimum atomic E-state index is -0.0188. The Morgan fingerprint density at radius 1 is 1.23 bits per heavy atom. The summed E-state index contributed by atoms with van der Waals surface area (Å²) in [5, 5.41) is 1.71. The van der Waals surface area contributed by atoms with Crippen LogP contribution in [0.2, 0.25) is 5.02 Å². The van der Waals surface area contributed by atoms with Crippen molar-refractivity contribution in [2.24, 2.45) is 5.92 Å². The van der Waals surface area contributed by atoms with Crippen molar-refractivity contribution in [2.75, 3.05) is 25.1 Å². The van der Waals surface area contributed by atoms with Crippen LogP contribution in [0.3, 0.4) is 0 Å². The second-order valence-corrected chi connectivity index (χ2v) is 9.12. The van der Waals surface area contributed by atoms with E-state index < -0.39 is 0 Å². The SMILES string of the molecule is COC(c1sc(-c2ccc(Cl)cc2)nc1C)C1CCCN(c2ccccc2C=O)C1. The predicted octanol–water partition coefficient (Wildman–Crippen LogP) is 6.19. The predicted molar refractivity (Wildman–Crippen MR) is 124 cm³/mol. The lowest BCUT2D eigenvalue weighted by molar-refractivity contribution is 0.0470. The molecule has 2 aromatic carbocycles. The fraction of sp³-hybridized carbons (Fsp3) is 0.333. The Kier molecular flexibility index (Phi) is 6.52. The Balaban J connectivity index is 1.59. The molecule has 6 heteroatoms. The summed E-state index contributed by atoms with van der Waals surface area (Å²) in [6.45, 7) is 3.87. The van der Waals surface area contributed by atoms with Gasteiger partial charge in [-0.2, -0.15) is 0 Å². The third-order valence-electron chi connectivity index (χ3n) is 5.73. The maximum Gasteiger partial charge on any atom is 0.152 e. The second kappa shape index (κ2) is 9.29. The topological polar surface area (TPSA) is 42.4 Å². The van der Waals surface area contributed by atoms with Crippen LogP contribution in [0.15, 0.2) is 48.5 Å². The molecule has 1 saturated heterocycles. The van der Waals surface area contributed by atoms with E-state index in [1.54, 1.807) is 18.4 Å². The van der Waals surface area contributed by atoms with E-state index >= 15 is 0 Å². The monoisotopic (exact) mass is 440 g/mol. The largest absolute Gasteiger partial charge is 0.375 e. The summed E-state index contributed by atoms with van der Waals surface area (Å²) in [5.41, 5.74) is 3.84. The van der Waals surface area contributed by atoms with E-state index in [-0.39, 0.29) is 6.10 Å². The van der Waals surface area contributed by atoms with Crippen LogP contribution in [0.4, 0.5) is 5.69 Å². The molecule has 4 rings (SSSR count). The molecule has 156 valence electrons. The molecule has 1 fully saturated rings. The fourth-order valence-corrected chi connectivity index (χ4v) is 5.62. The Morgan fingerprint density at radius 2 is 2.00 bits per heavy atom. The van der Waals surface area contributed by atoms with Crippen LogP contribution in [0, 0.1) is 12.8 Å². The first-order chi connectivity index (χ1) is 14.6. The highest BCUT2D eigenvalue weighted by molar-refractivity contribution is 7.15. The van der Waals surface area contributed by atoms with Gasteiger partial charge in [0.1, 0.15) is 5.01 Å². The lowest BCUT2D eigenvalue weighted by Crippen LogP contribution is -2.38. The Labute approximate surface area is 186 Å². The van der Waals surface area contributed by atoms with Gasteiger partial charge in [0.05, 0.1) is 16.7 Å². The van der Waals surface area contributed by atoms with Gasteiger partial charge >= 0.3 is 0 Å². The van der Waals surface area contributed by atoms with Crippen LogP contribution in [0.5, 0.6) is 0 Å². The molecular weight excluding hydrogens is 416 g/mol. The molecule has 2 heterocycles. The number of aryl methyl sites for hydroxylation is 1. The number of ether oxygens (including phenoxy) is 1. The van der Waals surface area contributed by atoms with Gasteiger partial charge in [0.15, 0.2) is 6.29 Å². The number of carbonyl (C=O) groups is 1. The van der Waals surface area contributed by atoms with Gasteiger partial charge in [-0.3, -0.25) is 4.79 Å². The number of anilines is 1. The quantitative estimate of drug-likeness (QED) is 0.428. The number of thiazole rings is 1. The Hall–Kier alpha value is -2.21. The average Bonchev–Trinajstić information content (AvgIpc) is 3.16. The summed E-state index contributed by atoms with van der Waals surface area (Å²) in [6.07, 6.45) is 3.08. The van der Waals surface area contributed by atoms with Gasteiger partial charge in [0.2, 0.25) is 0 Å². The van der Waals surface area contributed by atoms with Crippen LogP contribution in [0.25, 0.3) is 10.6 Å². The lowest BCUT2D eigenvalue weighted by atomic mass is 9.90. The van der Waals surface area contributed by atoms with Crippen molar-refractivity contribution in [1.29, 1.82) is 0 Å². The van der Waals surface area contributed by atoms with Crippen molar-refractivity contribution in [3.8, 4) is 10.6 Å². The van der Waals surface area contributed by atoms with E-state index in [1.165, 1.54) is 4.88 Å². The van der Waals surface area contributed by atoms with Crippen LogP contribution < -0.4 is 4.90 Å². The van der Waals surface area contributed by atoms with Gasteiger partial charge in [0, 0.05) is 48.0 Å². The third-order valence-corrected chi connectivity index (χ3v) is 7.25. The summed E-state index contributed by atoms with van der Waals surface area (Å²) in [7, 11) is 1.78. The molecule has 2 unspecified atom stereocenters. The van der Waals surface area contributed by atoms with Crippen LogP contribution in [0.1, 0.15) is 39.9 Å². The number of methoxy groups -OCH3 is 1. The highest BCUT2D eigenvalue weighted by Gasteiger charge is 2.32. The first-order valence-corrected chi connectivity index (χ1v) is 11.4. The summed E-state index contributed by atoms with van der Waals surface area (Å²) in [5.74, 6) is 0.334. The molecule has 4 nitrogen and oxygen atoms in total. The van der Waals surface area contributed by atoms with E-state index in [0.717, 1.165) is 64.8 Å². The minimum absolute atomic E-state index is 0.0188. The molecule has 2 atom stereocenters. The highest BCUT2D eigenvalue weighted by Crippen LogP contribution is 2.40. The van der Waals surface area contributed by atoms with E-state index in [9.17, 15) is 4.79 Å². The maximum atomic E-state index is 11.5. The maximum absolute atomic E-state index is 11.5. The number of benzene rings is 2. The number of halogens is 1. The van der Waals surface area contributed by atoms with Gasteiger partial charge in [0.25, 0.3) is 0 Å². The first-order valence-electron chi connectivity index (χ1n) is 10.2. The fourth-order valence-electron chi connectivity index (χ4n) is 4.25. The highest BCUT2D eigenvalue weighted by atomic mass is 35.5. The number of rotatable bonds is 6. The smallest absolute Gasteiger partial charge is 0.152 e. The summed E-state index contributed by atoms with van der Waals surface area (Å²) in [6, 6.07) is 15.6. The molecule has 0 amide bonds. The minimum Gasteiger partial charge on any atom is -0.375 e. The second-order valence-electron chi connectivity index (χ2n) is 7.66. The number of nitrogens with zero attached hydrogens (tertiary/aromatic N) is 2. The van der Waals surface area contributed by atoms with Gasteiger partial charge in [-0.05, 0) is 44.0 Å². The molecule has 0 N–H and O–H groups in total. The number of piperidine rings is 1. The van der Waals surface area contributed by atoms with E-state index in [1.807, 2.05) is 48.5 Å². The van der Waals surface area contributed by atoms with Crippen molar-refractivity contribution in [1.82, 2.24) is 4.98 Å². The van der Waals surface area contributed by atoms with Crippen molar-refractivity contribution in [3.05, 3.63) is 69.7 Å². The van der Waals surface area contributed by atoms with Gasteiger partial charge < -0.3 is 9.64 Å². The summed E-state index contributed by atoms with van der Waals surface area (Å²) in [4.78, 5) is 19.8. The molecule has 0 spiro atoms. The van der Waals surface area contributed by atoms with Crippen LogP contribution in [-0.2, 0) is 4.74 Å². The molecule has 1 aliphatic rings. The number of carbonyl (C=O) groups excluding carboxylic acids is 1. The van der Waals surface area contributed by atoms with E-state index in [0.29, 0.717) is 5.92 Å². The zero-order valence-corrected chi connectivity index (χ0v) is 18.7. The van der Waals surface area contributed by atoms with Crippen molar-refractivity contribution < 1.29 is 9.53 Å². The van der Waals surface area contributed by atoms with Crippen molar-refractivity contribution >= 4 is 34.9 Å². The Morgan fingerprint density at radius 3 is 2.73 bits per heavy atom. The molecule has 0 aliphatic carbocycles. The lowest BCUT2D eigenvalue weighted by Gasteiger charge is -2.38. The molecule has 30 heavy (non-hydrogen) atoms. The van der Waals surface area contributed by atoms with Gasteiger partial charge in [-0.1, -0.05) is 35.9 Å². The molecule has 3 aromatic rings. The zero-order chi connectivity index (χ0) is 21.1. The summed E-state index contributed by atoms with van der Waals surface area (Å²) >= 11 is 7.73. The number of aromatic nitrogens is 1. The molecule has 0 bridgehead atoms. The van der Waals surface area contributed by atoms with Crippen molar-refractivity contribution in [3.63, 3.8) is 0 Å². The van der Waals surface area contributed by atoms with E-state index in [4.69, 9.17) is 21.3 Å². The molecule has 0 radical (unpaired) electrons. The number of hydrogen-bond donors (Lipinski definition) is 0. The molecular formula is C24H25ClN2O2S. The number of hydrogen-bond acceptors (Lipinski definition) is 5. The van der Waals surface area contributed by atoms with Gasteiger partial charge in [-0.25, -0.2) is 4.98 Å². The van der Waals surface area contributed by atoms with Crippen LogP contribution in [-0.4, -0.2) is 31.5 Å². The van der Waals surface area contributed by atoms with Crippen LogP contribution >= 0.6 is 22.9 Å². The first kappa shape index (κ1) is 21.0. The van der Waals surface area contributed by atoms with E-state index in [2.05, 4.69) is 11.8 Å². The number of aldehydes is 1. The van der Waals surface area contributed by atoms with Gasteiger partial charge in [-0.15, -0.1) is 11.3 Å². The zero-order valence-electron chi connectivity index (χ0n) is 17.2. The number of para-hydroxylation sites is 1. The third kappa shape index (κ3) is 4.29. The Bertz CT molecular complexity index is 1020. The average molecular weight is 441 g/mol. The molecule has 1 aromatic heterocycles. The van der Waals surface area contributed by atoms with Crippen molar-refractivity contribution in [2.45, 2.75) is 25.9 Å².